The SMILES string of the molecule is CC[C@H](N)C(=O)NCC(c1ccc(C(F)(F)F)cc1)N(CC)CC. The summed E-state index contributed by atoms with van der Waals surface area (Å²) < 4.78 is 38.1. The van der Waals surface area contributed by atoms with Crippen LogP contribution < -0.4 is 11.1 Å². The Hall–Kier alpha value is -1.60. The van der Waals surface area contributed by atoms with Crippen LogP contribution in [0.25, 0.3) is 0 Å². The smallest absolute Gasteiger partial charge is 0.353 e. The van der Waals surface area contributed by atoms with E-state index in [2.05, 4.69) is 10.2 Å². The highest BCUT2D eigenvalue weighted by Crippen LogP contribution is 2.30. The number of likely N-dealkylation sites (N-methyl/N-ethyl adjacent to an activating group) is 1. The molecule has 2 atom stereocenters. The predicted molar refractivity (Wildman–Crippen MR) is 88.4 cm³/mol. The Labute approximate surface area is 141 Å². The number of halogens is 3. The third-order valence-corrected chi connectivity index (χ3v) is 4.12. The lowest BCUT2D eigenvalue weighted by molar-refractivity contribution is -0.137. The number of alkyl halides is 3. The van der Waals surface area contributed by atoms with Gasteiger partial charge in [-0.25, -0.2) is 0 Å². The number of amides is 1. The van der Waals surface area contributed by atoms with Crippen molar-refractivity contribution in [2.75, 3.05) is 19.6 Å². The van der Waals surface area contributed by atoms with E-state index in [0.29, 0.717) is 13.0 Å². The second-order valence-electron chi connectivity index (χ2n) is 5.62. The molecule has 0 bridgehead atoms. The molecule has 1 rings (SSSR count). The van der Waals surface area contributed by atoms with Crippen LogP contribution in [-0.4, -0.2) is 36.5 Å². The molecule has 4 nitrogen and oxygen atoms in total. The molecule has 0 heterocycles. The zero-order valence-corrected chi connectivity index (χ0v) is 14.4. The third-order valence-electron chi connectivity index (χ3n) is 4.12. The van der Waals surface area contributed by atoms with Gasteiger partial charge in [0.15, 0.2) is 0 Å². The van der Waals surface area contributed by atoms with Crippen molar-refractivity contribution in [3.05, 3.63) is 35.4 Å². The molecule has 0 saturated carbocycles. The molecule has 7 heteroatoms. The third kappa shape index (κ3) is 5.49. The molecule has 0 aliphatic rings. The van der Waals surface area contributed by atoms with Crippen LogP contribution in [0.15, 0.2) is 24.3 Å². The summed E-state index contributed by atoms with van der Waals surface area (Å²) in [5.74, 6) is -0.249. The Balaban J connectivity index is 2.95. The summed E-state index contributed by atoms with van der Waals surface area (Å²) in [5.41, 5.74) is 5.75. The number of hydrogen-bond acceptors (Lipinski definition) is 3. The van der Waals surface area contributed by atoms with E-state index in [0.717, 1.165) is 30.8 Å². The molecule has 1 aromatic carbocycles. The van der Waals surface area contributed by atoms with Gasteiger partial charge >= 0.3 is 6.18 Å². The molecule has 1 amide bonds. The number of carbonyl (C=O) groups excluding carboxylic acids is 1. The normalized spacial score (nSPS) is 14.5. The number of nitrogens with one attached hydrogen (secondary N) is 1. The highest BCUT2D eigenvalue weighted by molar-refractivity contribution is 5.81. The molecule has 0 saturated heterocycles. The minimum absolute atomic E-state index is 0.199. The van der Waals surface area contributed by atoms with Crippen molar-refractivity contribution < 1.29 is 18.0 Å². The summed E-state index contributed by atoms with van der Waals surface area (Å²) in [6.45, 7) is 7.51. The standard InChI is InChI=1S/C17H26F3N3O/c1-4-14(21)16(24)22-11-15(23(5-2)6-3)12-7-9-13(10-8-12)17(18,19)20/h7-10,14-15H,4-6,11,21H2,1-3H3,(H,22,24)/t14-,15?/m0/s1. The van der Waals surface area contributed by atoms with Crippen molar-refractivity contribution >= 4 is 5.91 Å². The summed E-state index contributed by atoms with van der Waals surface area (Å²) in [6.07, 6.45) is -3.83. The molecule has 0 aromatic heterocycles. The quantitative estimate of drug-likeness (QED) is 0.762. The van der Waals surface area contributed by atoms with Gasteiger partial charge < -0.3 is 11.1 Å². The van der Waals surface area contributed by atoms with E-state index in [4.69, 9.17) is 5.73 Å². The maximum Gasteiger partial charge on any atom is 0.416 e. The zero-order chi connectivity index (χ0) is 18.3. The molecule has 136 valence electrons. The van der Waals surface area contributed by atoms with Crippen LogP contribution in [0.1, 0.15) is 44.4 Å². The minimum atomic E-state index is -4.36. The van der Waals surface area contributed by atoms with Gasteiger partial charge in [0, 0.05) is 6.54 Å². The molecule has 0 aliphatic carbocycles. The summed E-state index contributed by atoms with van der Waals surface area (Å²) >= 11 is 0. The largest absolute Gasteiger partial charge is 0.416 e. The van der Waals surface area contributed by atoms with E-state index in [1.807, 2.05) is 20.8 Å². The average molecular weight is 345 g/mol. The lowest BCUT2D eigenvalue weighted by Gasteiger charge is -2.30. The van der Waals surface area contributed by atoms with E-state index in [-0.39, 0.29) is 11.9 Å². The van der Waals surface area contributed by atoms with E-state index in [1.165, 1.54) is 12.1 Å². The van der Waals surface area contributed by atoms with Gasteiger partial charge in [-0.15, -0.1) is 0 Å². The predicted octanol–water partition coefficient (Wildman–Crippen LogP) is 2.94. The molecular formula is C17H26F3N3O. The van der Waals surface area contributed by atoms with Crippen LogP contribution in [0.5, 0.6) is 0 Å². The monoisotopic (exact) mass is 345 g/mol. The van der Waals surface area contributed by atoms with Gasteiger partial charge in [0.1, 0.15) is 0 Å². The van der Waals surface area contributed by atoms with Crippen molar-refractivity contribution in [1.29, 1.82) is 0 Å². The lowest BCUT2D eigenvalue weighted by atomic mass is 10.0. The van der Waals surface area contributed by atoms with Crippen molar-refractivity contribution in [1.82, 2.24) is 10.2 Å². The number of benzene rings is 1. The van der Waals surface area contributed by atoms with E-state index in [9.17, 15) is 18.0 Å². The summed E-state index contributed by atoms with van der Waals surface area (Å²) in [6, 6.07) is 4.32. The Morgan fingerprint density at radius 3 is 2.12 bits per heavy atom. The van der Waals surface area contributed by atoms with Gasteiger partial charge in [-0.05, 0) is 37.2 Å². The van der Waals surface area contributed by atoms with Crippen LogP contribution in [0.3, 0.4) is 0 Å². The number of nitrogens with zero attached hydrogens (tertiary/aromatic N) is 1. The van der Waals surface area contributed by atoms with Crippen LogP contribution in [0.2, 0.25) is 0 Å². The Bertz CT molecular complexity index is 513. The van der Waals surface area contributed by atoms with Crippen LogP contribution in [0.4, 0.5) is 13.2 Å². The van der Waals surface area contributed by atoms with Crippen molar-refractivity contribution in [2.45, 2.75) is 45.5 Å². The fourth-order valence-corrected chi connectivity index (χ4v) is 2.53. The molecule has 0 fully saturated rings. The first kappa shape index (κ1) is 20.4. The molecule has 0 radical (unpaired) electrons. The van der Waals surface area contributed by atoms with E-state index >= 15 is 0 Å². The maximum atomic E-state index is 12.7. The van der Waals surface area contributed by atoms with Crippen LogP contribution in [0, 0.1) is 0 Å². The molecule has 1 unspecified atom stereocenters. The topological polar surface area (TPSA) is 58.4 Å². The maximum absolute atomic E-state index is 12.7. The Morgan fingerprint density at radius 2 is 1.71 bits per heavy atom. The summed E-state index contributed by atoms with van der Waals surface area (Å²) in [5, 5.41) is 2.80. The van der Waals surface area contributed by atoms with Gasteiger partial charge in [0.05, 0.1) is 17.6 Å². The Morgan fingerprint density at radius 1 is 1.17 bits per heavy atom. The van der Waals surface area contributed by atoms with Gasteiger partial charge in [-0.2, -0.15) is 13.2 Å². The van der Waals surface area contributed by atoms with E-state index in [1.54, 1.807) is 0 Å². The first-order chi connectivity index (χ1) is 11.2. The van der Waals surface area contributed by atoms with Crippen molar-refractivity contribution in [3.8, 4) is 0 Å². The molecule has 3 N–H and O–H groups in total. The number of nitrogens with two attached hydrogens (primary N) is 1. The van der Waals surface area contributed by atoms with Gasteiger partial charge in [0.2, 0.25) is 5.91 Å². The summed E-state index contributed by atoms with van der Waals surface area (Å²) in [7, 11) is 0. The highest BCUT2D eigenvalue weighted by Gasteiger charge is 2.30. The average Bonchev–Trinajstić information content (AvgIpc) is 2.56. The molecular weight excluding hydrogens is 319 g/mol. The fourth-order valence-electron chi connectivity index (χ4n) is 2.53. The Kier molecular flexibility index (Phi) is 7.69. The number of carbonyl (C=O) groups is 1. The van der Waals surface area contributed by atoms with E-state index < -0.39 is 17.8 Å². The van der Waals surface area contributed by atoms with Gasteiger partial charge in [-0.3, -0.25) is 9.69 Å². The van der Waals surface area contributed by atoms with Crippen molar-refractivity contribution in [2.24, 2.45) is 5.73 Å². The fraction of sp³-hybridized carbons (Fsp3) is 0.588. The number of hydrogen-bond donors (Lipinski definition) is 2. The minimum Gasteiger partial charge on any atom is -0.353 e. The second-order valence-corrected chi connectivity index (χ2v) is 5.62. The first-order valence-corrected chi connectivity index (χ1v) is 8.19. The number of rotatable bonds is 8. The van der Waals surface area contributed by atoms with Crippen LogP contribution >= 0.6 is 0 Å². The molecule has 0 spiro atoms. The first-order valence-electron chi connectivity index (χ1n) is 8.19. The second kappa shape index (κ2) is 9.03. The lowest BCUT2D eigenvalue weighted by Crippen LogP contribution is -2.44. The molecule has 0 aliphatic heterocycles. The van der Waals surface area contributed by atoms with Crippen molar-refractivity contribution in [3.63, 3.8) is 0 Å². The molecule has 1 aromatic rings. The van der Waals surface area contributed by atoms with Gasteiger partial charge in [0.25, 0.3) is 0 Å². The van der Waals surface area contributed by atoms with Crippen LogP contribution in [-0.2, 0) is 11.0 Å². The summed E-state index contributed by atoms with van der Waals surface area (Å²) in [4.78, 5) is 14.0. The molecule has 24 heavy (non-hydrogen) atoms. The zero-order valence-electron chi connectivity index (χ0n) is 14.4. The highest BCUT2D eigenvalue weighted by atomic mass is 19.4. The van der Waals surface area contributed by atoms with Gasteiger partial charge in [-0.1, -0.05) is 32.9 Å².